The fourth-order valence-corrected chi connectivity index (χ4v) is 3.78. The van der Waals surface area contributed by atoms with Crippen LogP contribution in [0.4, 0.5) is 0 Å². The molecule has 1 saturated carbocycles. The van der Waals surface area contributed by atoms with Gasteiger partial charge in [0.05, 0.1) is 18.3 Å². The van der Waals surface area contributed by atoms with Gasteiger partial charge in [-0.2, -0.15) is 0 Å². The lowest BCUT2D eigenvalue weighted by molar-refractivity contribution is 0.0399. The molecule has 1 rings (SSSR count). The van der Waals surface area contributed by atoms with Crippen molar-refractivity contribution in [3.05, 3.63) is 24.3 Å². The minimum Gasteiger partial charge on any atom is -0.396 e. The highest BCUT2D eigenvalue weighted by atomic mass is 16.5. The van der Waals surface area contributed by atoms with Gasteiger partial charge >= 0.3 is 0 Å². The van der Waals surface area contributed by atoms with E-state index in [4.69, 9.17) is 9.84 Å². The smallest absolute Gasteiger partial charge is 0.0721 e. The molecule has 0 aliphatic heterocycles. The summed E-state index contributed by atoms with van der Waals surface area (Å²) in [5.41, 5.74) is 0. The van der Waals surface area contributed by atoms with Gasteiger partial charge in [-0.3, -0.25) is 0 Å². The standard InChI is InChI=1S/C22H40O4/c1-3-5-9-12-18(24)14-15-20-19(13-10-7-6-8-11-16-23)21(25)17-22(20)26-4-2/h7,10,14-15,18-25H,3-6,8-9,11-13,16-17H2,1-2H3. The SMILES string of the molecule is CCCCCC(O)C=CC1C(OCC)CC(O)C1CC=CCCCCO. The highest BCUT2D eigenvalue weighted by Gasteiger charge is 2.40. The van der Waals surface area contributed by atoms with Crippen molar-refractivity contribution in [2.45, 2.75) is 89.9 Å². The summed E-state index contributed by atoms with van der Waals surface area (Å²) in [4.78, 5) is 0. The van der Waals surface area contributed by atoms with Crippen molar-refractivity contribution in [1.82, 2.24) is 0 Å². The summed E-state index contributed by atoms with van der Waals surface area (Å²) in [6, 6.07) is 0. The lowest BCUT2D eigenvalue weighted by Crippen LogP contribution is -2.22. The first-order valence-electron chi connectivity index (χ1n) is 10.6. The molecule has 0 aromatic carbocycles. The van der Waals surface area contributed by atoms with E-state index in [9.17, 15) is 10.2 Å². The second kappa shape index (κ2) is 14.4. The highest BCUT2D eigenvalue weighted by Crippen LogP contribution is 2.38. The lowest BCUT2D eigenvalue weighted by atomic mass is 9.89. The van der Waals surface area contributed by atoms with Gasteiger partial charge in [-0.1, -0.05) is 50.5 Å². The van der Waals surface area contributed by atoms with E-state index < -0.39 is 6.10 Å². The molecule has 26 heavy (non-hydrogen) atoms. The van der Waals surface area contributed by atoms with Gasteiger partial charge in [0, 0.05) is 25.6 Å². The zero-order valence-electron chi connectivity index (χ0n) is 16.7. The van der Waals surface area contributed by atoms with E-state index >= 15 is 0 Å². The summed E-state index contributed by atoms with van der Waals surface area (Å²) < 4.78 is 5.86. The molecule has 0 aromatic rings. The summed E-state index contributed by atoms with van der Waals surface area (Å²) >= 11 is 0. The number of aliphatic hydroxyl groups excluding tert-OH is 3. The van der Waals surface area contributed by atoms with E-state index in [2.05, 4.69) is 25.2 Å². The predicted molar refractivity (Wildman–Crippen MR) is 107 cm³/mol. The van der Waals surface area contributed by atoms with Gasteiger partial charge in [0.2, 0.25) is 0 Å². The fraction of sp³-hybridized carbons (Fsp3) is 0.818. The monoisotopic (exact) mass is 368 g/mol. The highest BCUT2D eigenvalue weighted by molar-refractivity contribution is 5.06. The Labute approximate surface area is 160 Å². The van der Waals surface area contributed by atoms with Gasteiger partial charge in [-0.15, -0.1) is 0 Å². The van der Waals surface area contributed by atoms with Gasteiger partial charge in [-0.05, 0) is 44.9 Å². The molecule has 4 heteroatoms. The summed E-state index contributed by atoms with van der Waals surface area (Å²) in [5, 5.41) is 29.5. The molecular weight excluding hydrogens is 328 g/mol. The van der Waals surface area contributed by atoms with Crippen LogP contribution in [0.5, 0.6) is 0 Å². The molecule has 0 amide bonds. The molecule has 0 aromatic heterocycles. The third-order valence-electron chi connectivity index (χ3n) is 5.29. The third-order valence-corrected chi connectivity index (χ3v) is 5.29. The van der Waals surface area contributed by atoms with Crippen molar-refractivity contribution in [1.29, 1.82) is 0 Å². The molecule has 3 N–H and O–H groups in total. The minimum absolute atomic E-state index is 0.0295. The van der Waals surface area contributed by atoms with Crippen LogP contribution < -0.4 is 0 Å². The molecule has 1 fully saturated rings. The predicted octanol–water partition coefficient (Wildman–Crippen LogP) is 3.99. The van der Waals surface area contributed by atoms with Gasteiger partial charge in [0.15, 0.2) is 0 Å². The molecule has 0 heterocycles. The van der Waals surface area contributed by atoms with Crippen LogP contribution in [-0.4, -0.2) is 46.8 Å². The van der Waals surface area contributed by atoms with E-state index in [0.29, 0.717) is 13.0 Å². The minimum atomic E-state index is -0.406. The van der Waals surface area contributed by atoms with Crippen molar-refractivity contribution in [2.75, 3.05) is 13.2 Å². The van der Waals surface area contributed by atoms with Crippen molar-refractivity contribution >= 4 is 0 Å². The Morgan fingerprint density at radius 3 is 2.62 bits per heavy atom. The Hall–Kier alpha value is -0.680. The second-order valence-corrected chi connectivity index (χ2v) is 7.41. The lowest BCUT2D eigenvalue weighted by Gasteiger charge is -2.22. The molecule has 0 spiro atoms. The summed E-state index contributed by atoms with van der Waals surface area (Å²) in [7, 11) is 0. The van der Waals surface area contributed by atoms with Crippen LogP contribution in [0, 0.1) is 11.8 Å². The van der Waals surface area contributed by atoms with Gasteiger partial charge in [0.25, 0.3) is 0 Å². The fourth-order valence-electron chi connectivity index (χ4n) is 3.78. The number of rotatable bonds is 14. The molecule has 4 nitrogen and oxygen atoms in total. The second-order valence-electron chi connectivity index (χ2n) is 7.41. The topological polar surface area (TPSA) is 69.9 Å². The number of aliphatic hydroxyl groups is 3. The first kappa shape index (κ1) is 23.4. The van der Waals surface area contributed by atoms with Crippen molar-refractivity contribution in [3.63, 3.8) is 0 Å². The average molecular weight is 369 g/mol. The molecule has 1 aliphatic rings. The van der Waals surface area contributed by atoms with Crippen LogP contribution in [0.15, 0.2) is 24.3 Å². The number of hydrogen-bond acceptors (Lipinski definition) is 4. The molecular formula is C22H40O4. The maximum atomic E-state index is 10.5. The Bertz CT molecular complexity index is 394. The van der Waals surface area contributed by atoms with Crippen LogP contribution in [0.3, 0.4) is 0 Å². The Balaban J connectivity index is 2.60. The maximum absolute atomic E-state index is 10.5. The Kier molecular flexibility index (Phi) is 12.9. The molecule has 1 aliphatic carbocycles. The van der Waals surface area contributed by atoms with E-state index in [1.807, 2.05) is 13.0 Å². The number of allylic oxidation sites excluding steroid dienone is 2. The van der Waals surface area contributed by atoms with E-state index in [1.54, 1.807) is 0 Å². The Morgan fingerprint density at radius 1 is 1.12 bits per heavy atom. The van der Waals surface area contributed by atoms with E-state index in [0.717, 1.165) is 51.4 Å². The molecule has 5 atom stereocenters. The average Bonchev–Trinajstić information content (AvgIpc) is 2.91. The van der Waals surface area contributed by atoms with Crippen LogP contribution >= 0.6 is 0 Å². The molecule has 152 valence electrons. The summed E-state index contributed by atoms with van der Waals surface area (Å²) in [6.07, 6.45) is 16.0. The van der Waals surface area contributed by atoms with Gasteiger partial charge in [-0.25, -0.2) is 0 Å². The zero-order valence-corrected chi connectivity index (χ0v) is 16.7. The van der Waals surface area contributed by atoms with Crippen LogP contribution in [0.1, 0.15) is 71.6 Å². The summed E-state index contributed by atoms with van der Waals surface area (Å²) in [6.45, 7) is 5.04. The van der Waals surface area contributed by atoms with E-state index in [1.165, 1.54) is 0 Å². The third kappa shape index (κ3) is 8.81. The largest absolute Gasteiger partial charge is 0.396 e. The molecule has 0 bridgehead atoms. The van der Waals surface area contributed by atoms with Gasteiger partial charge in [0.1, 0.15) is 0 Å². The van der Waals surface area contributed by atoms with Crippen molar-refractivity contribution < 1.29 is 20.1 Å². The number of hydrogen-bond donors (Lipinski definition) is 3. The zero-order chi connectivity index (χ0) is 19.2. The van der Waals surface area contributed by atoms with Crippen molar-refractivity contribution in [2.24, 2.45) is 11.8 Å². The first-order chi connectivity index (χ1) is 12.6. The van der Waals surface area contributed by atoms with Crippen LogP contribution in [0.2, 0.25) is 0 Å². The maximum Gasteiger partial charge on any atom is 0.0721 e. The molecule has 5 unspecified atom stereocenters. The molecule has 0 saturated heterocycles. The van der Waals surface area contributed by atoms with Crippen LogP contribution in [0.25, 0.3) is 0 Å². The number of ether oxygens (including phenoxy) is 1. The normalized spacial score (nSPS) is 27.7. The van der Waals surface area contributed by atoms with Crippen molar-refractivity contribution in [3.8, 4) is 0 Å². The van der Waals surface area contributed by atoms with Gasteiger partial charge < -0.3 is 20.1 Å². The number of unbranched alkanes of at least 4 members (excludes halogenated alkanes) is 4. The quantitative estimate of drug-likeness (QED) is 0.320. The first-order valence-corrected chi connectivity index (χ1v) is 10.6. The molecule has 0 radical (unpaired) electrons. The van der Waals surface area contributed by atoms with E-state index in [-0.39, 0.29) is 30.7 Å². The van der Waals surface area contributed by atoms with Crippen LogP contribution in [-0.2, 0) is 4.74 Å². The summed E-state index contributed by atoms with van der Waals surface area (Å²) in [5.74, 6) is 0.285. The Morgan fingerprint density at radius 2 is 1.92 bits per heavy atom.